The number of nitriles is 1. The molecule has 2 heterocycles. The number of nitrogens with zero attached hydrogens (tertiary/aromatic N) is 2. The molecular formula is C25H25F2N3O4S. The second-order valence-electron chi connectivity index (χ2n) is 9.57. The Morgan fingerprint density at radius 2 is 1.89 bits per heavy atom. The Balaban J connectivity index is 1.54. The Kier molecular flexibility index (Phi) is 5.90. The first-order valence-electron chi connectivity index (χ1n) is 11.5. The van der Waals surface area contributed by atoms with Crippen LogP contribution in [-0.2, 0) is 26.0 Å². The number of hydrogen-bond acceptors (Lipinski definition) is 5. The normalized spacial score (nSPS) is 26.8. The molecule has 1 aliphatic carbocycles. The summed E-state index contributed by atoms with van der Waals surface area (Å²) in [5.74, 6) is -1.02. The number of carbonyl (C=O) groups is 1. The van der Waals surface area contributed by atoms with E-state index in [0.29, 0.717) is 29.5 Å². The van der Waals surface area contributed by atoms with Crippen LogP contribution in [0.1, 0.15) is 24.8 Å². The standard InChI is InChI=1S/C25H25F2N3O4S/c26-16-35(32,33)29-22-20(13-18-7-4-8-19(21(18)27)17-5-2-1-3-6-17)30(15-24(22)9-10-24)23(31)25(14-28)11-12-34-25/h1-8,20,22,29H,9-13,15-16H2/t20-,22+,25?/m0/s1. The molecule has 3 atom stereocenters. The van der Waals surface area contributed by atoms with Gasteiger partial charge in [-0.3, -0.25) is 4.79 Å². The second-order valence-corrected chi connectivity index (χ2v) is 11.3. The summed E-state index contributed by atoms with van der Waals surface area (Å²) >= 11 is 0. The van der Waals surface area contributed by atoms with Crippen molar-refractivity contribution in [1.29, 1.82) is 5.26 Å². The van der Waals surface area contributed by atoms with E-state index in [9.17, 15) is 22.9 Å². The third-order valence-electron chi connectivity index (χ3n) is 7.45. The summed E-state index contributed by atoms with van der Waals surface area (Å²) in [5.41, 5.74) is -0.817. The lowest BCUT2D eigenvalue weighted by molar-refractivity contribution is -0.172. The van der Waals surface area contributed by atoms with Gasteiger partial charge in [0.1, 0.15) is 11.9 Å². The zero-order valence-corrected chi connectivity index (χ0v) is 19.7. The predicted molar refractivity (Wildman–Crippen MR) is 123 cm³/mol. The molecule has 184 valence electrons. The Morgan fingerprint density at radius 1 is 1.17 bits per heavy atom. The van der Waals surface area contributed by atoms with Crippen LogP contribution in [0.2, 0.25) is 0 Å². The molecule has 2 aromatic carbocycles. The molecule has 1 amide bonds. The van der Waals surface area contributed by atoms with Crippen molar-refractivity contribution in [1.82, 2.24) is 9.62 Å². The molecule has 35 heavy (non-hydrogen) atoms. The highest BCUT2D eigenvalue weighted by molar-refractivity contribution is 7.89. The van der Waals surface area contributed by atoms with Crippen LogP contribution in [0.5, 0.6) is 0 Å². The van der Waals surface area contributed by atoms with Crippen molar-refractivity contribution in [2.75, 3.05) is 19.2 Å². The van der Waals surface area contributed by atoms with E-state index < -0.39 is 50.9 Å². The summed E-state index contributed by atoms with van der Waals surface area (Å²) in [6, 6.07) is 12.7. The van der Waals surface area contributed by atoms with Gasteiger partial charge in [-0.05, 0) is 30.4 Å². The molecule has 0 aromatic heterocycles. The van der Waals surface area contributed by atoms with Gasteiger partial charge in [0, 0.05) is 30.0 Å². The number of carbonyl (C=O) groups excluding carboxylic acids is 1. The molecule has 2 aliphatic heterocycles. The largest absolute Gasteiger partial charge is 0.352 e. The molecule has 1 saturated carbocycles. The van der Waals surface area contributed by atoms with Crippen molar-refractivity contribution >= 4 is 15.9 Å². The SMILES string of the molecule is N#CC1(C(=O)N2CC3(CC3)[C@H](NS(=O)(=O)CF)[C@@H]2Cc2cccc(-c3ccccc3)c2F)CCO1. The fourth-order valence-corrected chi connectivity index (χ4v) is 6.15. The maximum absolute atomic E-state index is 15.7. The van der Waals surface area contributed by atoms with Crippen molar-refractivity contribution in [3.05, 3.63) is 59.9 Å². The molecule has 1 spiro atoms. The van der Waals surface area contributed by atoms with Crippen molar-refractivity contribution in [3.63, 3.8) is 0 Å². The Bertz CT molecular complexity index is 1290. The number of likely N-dealkylation sites (tertiary alicyclic amines) is 1. The van der Waals surface area contributed by atoms with E-state index in [1.54, 1.807) is 42.5 Å². The predicted octanol–water partition coefficient (Wildman–Crippen LogP) is 2.92. The van der Waals surface area contributed by atoms with Crippen LogP contribution in [0.4, 0.5) is 8.78 Å². The van der Waals surface area contributed by atoms with E-state index in [1.165, 1.54) is 4.90 Å². The molecule has 2 aromatic rings. The summed E-state index contributed by atoms with van der Waals surface area (Å²) in [4.78, 5) is 14.9. The third-order valence-corrected chi connectivity index (χ3v) is 8.35. The molecule has 3 aliphatic rings. The van der Waals surface area contributed by atoms with Gasteiger partial charge >= 0.3 is 0 Å². The quantitative estimate of drug-likeness (QED) is 0.629. The minimum absolute atomic E-state index is 0.000970. The van der Waals surface area contributed by atoms with Crippen molar-refractivity contribution in [3.8, 4) is 17.2 Å². The molecular weight excluding hydrogens is 476 g/mol. The maximum atomic E-state index is 15.7. The fraction of sp³-hybridized carbons (Fsp3) is 0.440. The lowest BCUT2D eigenvalue weighted by atomic mass is 9.90. The van der Waals surface area contributed by atoms with Crippen LogP contribution in [0.3, 0.4) is 0 Å². The van der Waals surface area contributed by atoms with Crippen LogP contribution >= 0.6 is 0 Å². The summed E-state index contributed by atoms with van der Waals surface area (Å²) in [5, 5.41) is 9.64. The minimum Gasteiger partial charge on any atom is -0.352 e. The van der Waals surface area contributed by atoms with E-state index >= 15 is 4.39 Å². The van der Waals surface area contributed by atoms with Gasteiger partial charge in [-0.2, -0.15) is 5.26 Å². The van der Waals surface area contributed by atoms with E-state index in [1.807, 2.05) is 12.1 Å². The van der Waals surface area contributed by atoms with E-state index in [4.69, 9.17) is 4.74 Å². The fourth-order valence-electron chi connectivity index (χ4n) is 5.30. The van der Waals surface area contributed by atoms with Crippen LogP contribution in [0.15, 0.2) is 48.5 Å². The van der Waals surface area contributed by atoms with Crippen LogP contribution in [0.25, 0.3) is 11.1 Å². The third kappa shape index (κ3) is 4.11. The van der Waals surface area contributed by atoms with Gasteiger partial charge in [-0.25, -0.2) is 21.9 Å². The number of sulfonamides is 1. The molecule has 7 nitrogen and oxygen atoms in total. The smallest absolute Gasteiger partial charge is 0.270 e. The number of halogens is 2. The van der Waals surface area contributed by atoms with Gasteiger partial charge in [0.05, 0.1) is 12.6 Å². The molecule has 2 saturated heterocycles. The lowest BCUT2D eigenvalue weighted by Gasteiger charge is -2.39. The maximum Gasteiger partial charge on any atom is 0.270 e. The molecule has 0 bridgehead atoms. The van der Waals surface area contributed by atoms with Crippen molar-refractivity contribution in [2.24, 2.45) is 5.41 Å². The van der Waals surface area contributed by atoms with E-state index in [2.05, 4.69) is 4.72 Å². The highest BCUT2D eigenvalue weighted by Crippen LogP contribution is 2.56. The Hall–Kier alpha value is -2.87. The molecule has 0 radical (unpaired) electrons. The topological polar surface area (TPSA) is 99.5 Å². The molecule has 5 rings (SSSR count). The zero-order valence-electron chi connectivity index (χ0n) is 18.9. The molecule has 1 unspecified atom stereocenters. The summed E-state index contributed by atoms with van der Waals surface area (Å²) in [6.45, 7) is 0.470. The first-order valence-corrected chi connectivity index (χ1v) is 13.1. The highest BCUT2D eigenvalue weighted by atomic mass is 32.2. The number of amides is 1. The number of nitrogens with one attached hydrogen (secondary N) is 1. The number of rotatable bonds is 7. The molecule has 1 N–H and O–H groups in total. The number of benzene rings is 2. The van der Waals surface area contributed by atoms with Crippen LogP contribution < -0.4 is 4.72 Å². The molecule has 3 fully saturated rings. The minimum atomic E-state index is -4.25. The van der Waals surface area contributed by atoms with Gasteiger partial charge in [0.25, 0.3) is 5.91 Å². The van der Waals surface area contributed by atoms with Gasteiger partial charge in [0.2, 0.25) is 21.6 Å². The molecule has 10 heteroatoms. The summed E-state index contributed by atoms with van der Waals surface area (Å²) in [6.07, 6.45) is 1.51. The highest BCUT2D eigenvalue weighted by Gasteiger charge is 2.64. The Morgan fingerprint density at radius 3 is 2.46 bits per heavy atom. The van der Waals surface area contributed by atoms with Gasteiger partial charge in [-0.1, -0.05) is 48.5 Å². The number of alkyl halides is 1. The number of ether oxygens (including phenoxy) is 1. The lowest BCUT2D eigenvalue weighted by Crippen LogP contribution is -2.59. The van der Waals surface area contributed by atoms with Crippen molar-refractivity contribution < 1.29 is 26.7 Å². The van der Waals surface area contributed by atoms with E-state index in [-0.39, 0.29) is 26.0 Å². The average molecular weight is 502 g/mol. The second kappa shape index (κ2) is 8.66. The monoisotopic (exact) mass is 501 g/mol. The first kappa shape index (κ1) is 23.9. The van der Waals surface area contributed by atoms with E-state index in [0.717, 1.165) is 0 Å². The summed E-state index contributed by atoms with van der Waals surface area (Å²) in [7, 11) is -4.25. The Labute approximate surface area is 202 Å². The van der Waals surface area contributed by atoms with Gasteiger partial charge < -0.3 is 9.64 Å². The average Bonchev–Trinajstić information content (AvgIpc) is 3.55. The van der Waals surface area contributed by atoms with Crippen LogP contribution in [-0.4, -0.2) is 56.1 Å². The van der Waals surface area contributed by atoms with Crippen molar-refractivity contribution in [2.45, 2.75) is 43.4 Å². The number of hydrogen-bond donors (Lipinski definition) is 1. The van der Waals surface area contributed by atoms with Gasteiger partial charge in [-0.15, -0.1) is 0 Å². The summed E-state index contributed by atoms with van der Waals surface area (Å²) < 4.78 is 61.2. The van der Waals surface area contributed by atoms with Gasteiger partial charge in [0.15, 0.2) is 0 Å². The van der Waals surface area contributed by atoms with Crippen LogP contribution in [0, 0.1) is 22.6 Å². The zero-order chi connectivity index (χ0) is 24.8. The first-order chi connectivity index (χ1) is 16.7.